The van der Waals surface area contributed by atoms with Crippen LogP contribution in [0.4, 0.5) is 4.39 Å². The van der Waals surface area contributed by atoms with Crippen LogP contribution in [0.15, 0.2) is 24.3 Å². The van der Waals surface area contributed by atoms with E-state index in [4.69, 9.17) is 4.74 Å². The Bertz CT molecular complexity index is 742. The Morgan fingerprint density at radius 3 is 2.19 bits per heavy atom. The van der Waals surface area contributed by atoms with Gasteiger partial charge in [0, 0.05) is 45.7 Å². The number of hydrogen-bond donors (Lipinski definition) is 0. The minimum absolute atomic E-state index is 0.00440. The van der Waals surface area contributed by atoms with E-state index in [9.17, 15) is 17.6 Å². The molecule has 3 rings (SSSR count). The summed E-state index contributed by atoms with van der Waals surface area (Å²) in [4.78, 5) is 14.3. The molecule has 0 spiro atoms. The van der Waals surface area contributed by atoms with Gasteiger partial charge in [-0.1, -0.05) is 19.1 Å². The summed E-state index contributed by atoms with van der Waals surface area (Å²) < 4.78 is 46.5. The van der Waals surface area contributed by atoms with E-state index >= 15 is 0 Å². The lowest BCUT2D eigenvalue weighted by Gasteiger charge is -2.37. The van der Waals surface area contributed by atoms with E-state index < -0.39 is 10.2 Å². The predicted octanol–water partition coefficient (Wildman–Crippen LogP) is 1.04. The highest BCUT2D eigenvalue weighted by atomic mass is 32.2. The van der Waals surface area contributed by atoms with Crippen molar-refractivity contribution in [2.45, 2.75) is 19.3 Å². The van der Waals surface area contributed by atoms with Gasteiger partial charge in [-0.2, -0.15) is 17.0 Å². The molecule has 1 atom stereocenters. The maximum absolute atomic E-state index is 13.0. The van der Waals surface area contributed by atoms with E-state index in [1.165, 1.54) is 20.7 Å². The van der Waals surface area contributed by atoms with Gasteiger partial charge in [0.1, 0.15) is 5.82 Å². The maximum atomic E-state index is 13.0. The minimum atomic E-state index is -3.49. The average molecular weight is 399 g/mol. The summed E-state index contributed by atoms with van der Waals surface area (Å²) in [5.74, 6) is -0.321. The standard InChI is InChI=1S/C18H26FN3O4S/c1-15(16-2-4-17(19)5-3-16)14-18(23)20-6-8-21(9-7-20)27(24,25)22-10-12-26-13-11-22/h2-5,15H,6-14H2,1H3. The molecule has 0 aliphatic carbocycles. The summed E-state index contributed by atoms with van der Waals surface area (Å²) >= 11 is 0. The Labute approximate surface area is 159 Å². The van der Waals surface area contributed by atoms with Crippen LogP contribution < -0.4 is 0 Å². The SMILES string of the molecule is CC(CC(=O)N1CCN(S(=O)(=O)N2CCOCC2)CC1)c1ccc(F)cc1. The van der Waals surface area contributed by atoms with Gasteiger partial charge in [0.15, 0.2) is 0 Å². The minimum Gasteiger partial charge on any atom is -0.379 e. The zero-order chi connectivity index (χ0) is 19.4. The van der Waals surface area contributed by atoms with Crippen molar-refractivity contribution < 1.29 is 22.3 Å². The van der Waals surface area contributed by atoms with Gasteiger partial charge < -0.3 is 9.64 Å². The molecule has 1 amide bonds. The molecule has 9 heteroatoms. The summed E-state index contributed by atoms with van der Waals surface area (Å²) in [5, 5.41) is 0. The fraction of sp³-hybridized carbons (Fsp3) is 0.611. The first kappa shape index (κ1) is 20.2. The topological polar surface area (TPSA) is 70.2 Å². The number of carbonyl (C=O) groups excluding carboxylic acids is 1. The van der Waals surface area contributed by atoms with Crippen LogP contribution in [-0.4, -0.2) is 80.3 Å². The van der Waals surface area contributed by atoms with Crippen LogP contribution in [0, 0.1) is 5.82 Å². The molecule has 27 heavy (non-hydrogen) atoms. The monoisotopic (exact) mass is 399 g/mol. The second-order valence-corrected chi connectivity index (χ2v) is 8.88. The van der Waals surface area contributed by atoms with Gasteiger partial charge in [-0.3, -0.25) is 4.79 Å². The first-order valence-corrected chi connectivity index (χ1v) is 10.6. The molecule has 2 saturated heterocycles. The number of halogens is 1. The van der Waals surface area contributed by atoms with Gasteiger partial charge in [-0.05, 0) is 23.6 Å². The largest absolute Gasteiger partial charge is 0.379 e. The molecule has 0 bridgehead atoms. The Kier molecular flexibility index (Phi) is 6.46. The molecule has 1 aromatic carbocycles. The van der Waals surface area contributed by atoms with E-state index in [1.807, 2.05) is 6.92 Å². The fourth-order valence-corrected chi connectivity index (χ4v) is 4.97. The summed E-state index contributed by atoms with van der Waals surface area (Å²) in [6.07, 6.45) is 0.321. The Morgan fingerprint density at radius 1 is 1.04 bits per heavy atom. The van der Waals surface area contributed by atoms with Crippen LogP contribution in [0.5, 0.6) is 0 Å². The molecule has 1 aromatic rings. The van der Waals surface area contributed by atoms with Crippen LogP contribution in [0.2, 0.25) is 0 Å². The summed E-state index contributed by atoms with van der Waals surface area (Å²) in [7, 11) is -3.49. The van der Waals surface area contributed by atoms with Crippen molar-refractivity contribution in [2.24, 2.45) is 0 Å². The van der Waals surface area contributed by atoms with Crippen molar-refractivity contribution in [3.8, 4) is 0 Å². The molecule has 2 aliphatic heterocycles. The molecule has 2 fully saturated rings. The van der Waals surface area contributed by atoms with Crippen LogP contribution in [0.3, 0.4) is 0 Å². The van der Waals surface area contributed by atoms with Gasteiger partial charge in [0.05, 0.1) is 13.2 Å². The van der Waals surface area contributed by atoms with Crippen molar-refractivity contribution in [1.82, 2.24) is 13.5 Å². The molecule has 7 nitrogen and oxygen atoms in total. The van der Waals surface area contributed by atoms with Crippen molar-refractivity contribution in [3.63, 3.8) is 0 Å². The molecule has 150 valence electrons. The normalized spacial score (nSPS) is 21.2. The smallest absolute Gasteiger partial charge is 0.282 e. The van der Waals surface area contributed by atoms with Gasteiger partial charge >= 0.3 is 0 Å². The lowest BCUT2D eigenvalue weighted by molar-refractivity contribution is -0.132. The van der Waals surface area contributed by atoms with Crippen LogP contribution >= 0.6 is 0 Å². The van der Waals surface area contributed by atoms with Crippen molar-refractivity contribution in [2.75, 3.05) is 52.5 Å². The number of benzene rings is 1. The van der Waals surface area contributed by atoms with Crippen LogP contribution in [0.25, 0.3) is 0 Å². The van der Waals surface area contributed by atoms with E-state index in [0.717, 1.165) is 5.56 Å². The molecule has 0 saturated carbocycles. The highest BCUT2D eigenvalue weighted by Crippen LogP contribution is 2.21. The number of morpholine rings is 1. The molecular formula is C18H26FN3O4S. The second-order valence-electron chi connectivity index (χ2n) is 6.96. The first-order valence-electron chi connectivity index (χ1n) is 9.24. The van der Waals surface area contributed by atoms with Crippen LogP contribution in [0.1, 0.15) is 24.8 Å². The lowest BCUT2D eigenvalue weighted by atomic mass is 9.97. The van der Waals surface area contributed by atoms with Crippen molar-refractivity contribution >= 4 is 16.1 Å². The molecule has 2 heterocycles. The number of piperazine rings is 1. The third kappa shape index (κ3) is 4.84. The average Bonchev–Trinajstić information content (AvgIpc) is 2.69. The fourth-order valence-electron chi connectivity index (χ4n) is 3.41. The van der Waals surface area contributed by atoms with Crippen molar-refractivity contribution in [3.05, 3.63) is 35.6 Å². The van der Waals surface area contributed by atoms with E-state index in [-0.39, 0.29) is 17.6 Å². The molecule has 0 radical (unpaired) electrons. The zero-order valence-electron chi connectivity index (χ0n) is 15.5. The lowest BCUT2D eigenvalue weighted by Crippen LogP contribution is -2.55. The highest BCUT2D eigenvalue weighted by Gasteiger charge is 2.34. The molecular weight excluding hydrogens is 373 g/mol. The first-order chi connectivity index (χ1) is 12.9. The van der Waals surface area contributed by atoms with Gasteiger partial charge in [-0.15, -0.1) is 0 Å². The summed E-state index contributed by atoms with van der Waals surface area (Å²) in [5.41, 5.74) is 0.915. The summed E-state index contributed by atoms with van der Waals surface area (Å²) in [6.45, 7) is 4.89. The van der Waals surface area contributed by atoms with E-state index in [2.05, 4.69) is 0 Å². The van der Waals surface area contributed by atoms with Crippen molar-refractivity contribution in [1.29, 1.82) is 0 Å². The van der Waals surface area contributed by atoms with Gasteiger partial charge in [-0.25, -0.2) is 4.39 Å². The molecule has 0 N–H and O–H groups in total. The Morgan fingerprint density at radius 2 is 1.59 bits per heavy atom. The Balaban J connectivity index is 1.52. The van der Waals surface area contributed by atoms with Gasteiger partial charge in [0.25, 0.3) is 10.2 Å². The number of ether oxygens (including phenoxy) is 1. The third-order valence-corrected chi connectivity index (χ3v) is 7.17. The summed E-state index contributed by atoms with van der Waals surface area (Å²) in [6, 6.07) is 6.18. The number of rotatable bonds is 5. The second kappa shape index (κ2) is 8.64. The zero-order valence-corrected chi connectivity index (χ0v) is 16.3. The Hall–Kier alpha value is -1.55. The van der Waals surface area contributed by atoms with Crippen LogP contribution in [-0.2, 0) is 19.7 Å². The third-order valence-electron chi connectivity index (χ3n) is 5.13. The van der Waals surface area contributed by atoms with E-state index in [0.29, 0.717) is 58.9 Å². The number of hydrogen-bond acceptors (Lipinski definition) is 4. The maximum Gasteiger partial charge on any atom is 0.282 e. The molecule has 0 aromatic heterocycles. The highest BCUT2D eigenvalue weighted by molar-refractivity contribution is 7.86. The number of carbonyl (C=O) groups is 1. The number of amides is 1. The van der Waals surface area contributed by atoms with Gasteiger partial charge in [0.2, 0.25) is 5.91 Å². The number of nitrogens with zero attached hydrogens (tertiary/aromatic N) is 3. The quantitative estimate of drug-likeness (QED) is 0.742. The molecule has 1 unspecified atom stereocenters. The predicted molar refractivity (Wildman–Crippen MR) is 98.9 cm³/mol. The van der Waals surface area contributed by atoms with E-state index in [1.54, 1.807) is 17.0 Å². The molecule has 2 aliphatic rings.